The highest BCUT2D eigenvalue weighted by Crippen LogP contribution is 2.37. The van der Waals surface area contributed by atoms with Crippen molar-refractivity contribution in [1.29, 1.82) is 0 Å². The molecular weight excluding hydrogens is 324 g/mol. The summed E-state index contributed by atoms with van der Waals surface area (Å²) >= 11 is 0. The summed E-state index contributed by atoms with van der Waals surface area (Å²) in [5, 5.41) is 0. The Balaban J connectivity index is 1.22. The molecule has 2 saturated carbocycles. The molecule has 0 aliphatic heterocycles. The summed E-state index contributed by atoms with van der Waals surface area (Å²) in [5.41, 5.74) is 4.38. The fraction of sp³-hybridized carbons (Fsp3) is 0.556. The van der Waals surface area contributed by atoms with Crippen LogP contribution in [0, 0.1) is 17.8 Å². The summed E-state index contributed by atoms with van der Waals surface area (Å²) in [6.07, 6.45) is 17.3. The van der Waals surface area contributed by atoms with E-state index >= 15 is 0 Å². The monoisotopic (exact) mass is 360 g/mol. The molecule has 4 rings (SSSR count). The largest absolute Gasteiger partial charge is 0.0622 e. The molecule has 0 amide bonds. The van der Waals surface area contributed by atoms with Gasteiger partial charge in [-0.05, 0) is 66.5 Å². The first-order valence-electron chi connectivity index (χ1n) is 11.5. The minimum absolute atomic E-state index is 0.924. The Hall–Kier alpha value is -1.56. The van der Waals surface area contributed by atoms with Crippen molar-refractivity contribution in [2.75, 3.05) is 0 Å². The molecule has 27 heavy (non-hydrogen) atoms. The van der Waals surface area contributed by atoms with Gasteiger partial charge < -0.3 is 0 Å². The summed E-state index contributed by atoms with van der Waals surface area (Å²) < 4.78 is 0. The SMILES string of the molecule is c1ccc(Cc2ccc(CC3CCC(CC4CCCCC4)CC3)cc2)cc1. The molecule has 0 spiro atoms. The zero-order valence-electron chi connectivity index (χ0n) is 16.9. The van der Waals surface area contributed by atoms with Gasteiger partial charge in [0.05, 0.1) is 0 Å². The van der Waals surface area contributed by atoms with Crippen LogP contribution < -0.4 is 0 Å². The molecule has 144 valence electrons. The highest BCUT2D eigenvalue weighted by molar-refractivity contribution is 5.28. The maximum absolute atomic E-state index is 2.38. The Morgan fingerprint density at radius 3 is 1.78 bits per heavy atom. The van der Waals surface area contributed by atoms with Gasteiger partial charge in [-0.15, -0.1) is 0 Å². The van der Waals surface area contributed by atoms with Crippen molar-refractivity contribution in [3.63, 3.8) is 0 Å². The topological polar surface area (TPSA) is 0 Å². The molecule has 0 unspecified atom stereocenters. The van der Waals surface area contributed by atoms with Crippen LogP contribution in [0.2, 0.25) is 0 Å². The summed E-state index contributed by atoms with van der Waals surface area (Å²) in [4.78, 5) is 0. The molecule has 2 aromatic carbocycles. The molecule has 0 saturated heterocycles. The smallest absolute Gasteiger partial charge is 0.00258 e. The van der Waals surface area contributed by atoms with E-state index in [1.165, 1.54) is 75.3 Å². The van der Waals surface area contributed by atoms with Crippen LogP contribution >= 0.6 is 0 Å². The van der Waals surface area contributed by atoms with Gasteiger partial charge in [-0.2, -0.15) is 0 Å². The minimum Gasteiger partial charge on any atom is -0.0622 e. The normalized spacial score (nSPS) is 24.0. The van der Waals surface area contributed by atoms with Crippen LogP contribution in [0.25, 0.3) is 0 Å². The Morgan fingerprint density at radius 1 is 0.519 bits per heavy atom. The highest BCUT2D eigenvalue weighted by Gasteiger charge is 2.24. The lowest BCUT2D eigenvalue weighted by Crippen LogP contribution is -2.19. The zero-order chi connectivity index (χ0) is 18.3. The molecule has 0 heterocycles. The predicted molar refractivity (Wildman–Crippen MR) is 116 cm³/mol. The summed E-state index contributed by atoms with van der Waals surface area (Å²) in [6.45, 7) is 0. The zero-order valence-corrected chi connectivity index (χ0v) is 16.9. The van der Waals surface area contributed by atoms with Crippen molar-refractivity contribution in [2.45, 2.75) is 77.0 Å². The molecular formula is C27H36. The third-order valence-electron chi connectivity index (χ3n) is 7.16. The van der Waals surface area contributed by atoms with Crippen molar-refractivity contribution in [2.24, 2.45) is 17.8 Å². The summed E-state index contributed by atoms with van der Waals surface area (Å²) in [5.74, 6) is 3.03. The standard InChI is InChI=1S/C27H36/c1-3-7-22(8-4-1)19-24-11-15-26(16-12-24)21-27-17-13-25(14-18-27)20-23-9-5-2-6-10-23/h1,3-4,7-8,11-12,15-16,23,25,27H,2,5-6,9-10,13-14,17-21H2. The van der Waals surface area contributed by atoms with Crippen molar-refractivity contribution in [1.82, 2.24) is 0 Å². The van der Waals surface area contributed by atoms with E-state index in [0.29, 0.717) is 0 Å². The van der Waals surface area contributed by atoms with Crippen LogP contribution in [0.4, 0.5) is 0 Å². The lowest BCUT2D eigenvalue weighted by atomic mass is 9.74. The highest BCUT2D eigenvalue weighted by atomic mass is 14.3. The second-order valence-corrected chi connectivity index (χ2v) is 9.31. The Morgan fingerprint density at radius 2 is 1.07 bits per heavy atom. The maximum Gasteiger partial charge on any atom is -0.00258 e. The molecule has 2 aliphatic rings. The van der Waals surface area contributed by atoms with E-state index < -0.39 is 0 Å². The molecule has 2 aromatic rings. The minimum atomic E-state index is 0.924. The van der Waals surface area contributed by atoms with E-state index in [4.69, 9.17) is 0 Å². The van der Waals surface area contributed by atoms with E-state index in [0.717, 1.165) is 24.2 Å². The molecule has 2 fully saturated rings. The van der Waals surface area contributed by atoms with Crippen molar-refractivity contribution < 1.29 is 0 Å². The third-order valence-corrected chi connectivity index (χ3v) is 7.16. The van der Waals surface area contributed by atoms with E-state index in [9.17, 15) is 0 Å². The summed E-state index contributed by atoms with van der Waals surface area (Å²) in [6, 6.07) is 20.3. The average molecular weight is 361 g/mol. The van der Waals surface area contributed by atoms with Gasteiger partial charge in [-0.1, -0.05) is 99.5 Å². The first-order chi connectivity index (χ1) is 13.3. The molecule has 0 radical (unpaired) electrons. The maximum atomic E-state index is 2.38. The lowest BCUT2D eigenvalue weighted by Gasteiger charge is -2.32. The van der Waals surface area contributed by atoms with E-state index in [2.05, 4.69) is 54.6 Å². The molecule has 2 aliphatic carbocycles. The summed E-state index contributed by atoms with van der Waals surface area (Å²) in [7, 11) is 0. The van der Waals surface area contributed by atoms with Gasteiger partial charge in [-0.3, -0.25) is 0 Å². The molecule has 0 bridgehead atoms. The van der Waals surface area contributed by atoms with Crippen LogP contribution in [0.15, 0.2) is 54.6 Å². The van der Waals surface area contributed by atoms with Gasteiger partial charge in [-0.25, -0.2) is 0 Å². The quantitative estimate of drug-likeness (QED) is 0.497. The number of hydrogen-bond donors (Lipinski definition) is 0. The number of hydrogen-bond acceptors (Lipinski definition) is 0. The van der Waals surface area contributed by atoms with Gasteiger partial charge in [0.15, 0.2) is 0 Å². The molecule has 0 atom stereocenters. The molecule has 0 aromatic heterocycles. The van der Waals surface area contributed by atoms with Crippen LogP contribution in [-0.2, 0) is 12.8 Å². The Bertz CT molecular complexity index is 655. The Kier molecular flexibility index (Phi) is 6.67. The van der Waals surface area contributed by atoms with Gasteiger partial charge in [0, 0.05) is 0 Å². The van der Waals surface area contributed by atoms with Crippen LogP contribution in [0.1, 0.15) is 80.9 Å². The predicted octanol–water partition coefficient (Wildman–Crippen LogP) is 7.60. The third kappa shape index (κ3) is 5.71. The second kappa shape index (κ2) is 9.58. The van der Waals surface area contributed by atoms with Crippen LogP contribution in [0.5, 0.6) is 0 Å². The fourth-order valence-electron chi connectivity index (χ4n) is 5.52. The van der Waals surface area contributed by atoms with Gasteiger partial charge >= 0.3 is 0 Å². The van der Waals surface area contributed by atoms with Gasteiger partial charge in [0.2, 0.25) is 0 Å². The van der Waals surface area contributed by atoms with E-state index in [1.54, 1.807) is 12.0 Å². The van der Waals surface area contributed by atoms with Crippen molar-refractivity contribution in [3.8, 4) is 0 Å². The number of rotatable bonds is 6. The second-order valence-electron chi connectivity index (χ2n) is 9.31. The lowest BCUT2D eigenvalue weighted by molar-refractivity contribution is 0.211. The first kappa shape index (κ1) is 18.8. The average Bonchev–Trinajstić information content (AvgIpc) is 2.73. The molecule has 0 N–H and O–H groups in total. The van der Waals surface area contributed by atoms with E-state index in [-0.39, 0.29) is 0 Å². The first-order valence-corrected chi connectivity index (χ1v) is 11.5. The van der Waals surface area contributed by atoms with Crippen molar-refractivity contribution in [3.05, 3.63) is 71.3 Å². The van der Waals surface area contributed by atoms with Gasteiger partial charge in [0.25, 0.3) is 0 Å². The van der Waals surface area contributed by atoms with Crippen LogP contribution in [-0.4, -0.2) is 0 Å². The molecule has 0 nitrogen and oxygen atoms in total. The van der Waals surface area contributed by atoms with Gasteiger partial charge in [0.1, 0.15) is 0 Å². The molecule has 0 heteroatoms. The van der Waals surface area contributed by atoms with Crippen LogP contribution in [0.3, 0.4) is 0 Å². The van der Waals surface area contributed by atoms with Crippen molar-refractivity contribution >= 4 is 0 Å². The fourth-order valence-corrected chi connectivity index (χ4v) is 5.52. The number of benzene rings is 2. The van der Waals surface area contributed by atoms with E-state index in [1.807, 2.05) is 0 Å². The Labute approximate surface area is 166 Å².